The maximum atomic E-state index is 5.37. The number of aromatic amines is 1. The highest BCUT2D eigenvalue weighted by atomic mass is 32.2. The van der Waals surface area contributed by atoms with Crippen LogP contribution in [0.4, 0.5) is 0 Å². The Balaban J connectivity index is 1.54. The minimum absolute atomic E-state index is 0.0895. The number of nitrogens with one attached hydrogen (secondary N) is 1. The monoisotopic (exact) mass is 300 g/mol. The van der Waals surface area contributed by atoms with Crippen molar-refractivity contribution >= 4 is 22.8 Å². The smallest absolute Gasteiger partial charge is 0.239 e. The third-order valence-corrected chi connectivity index (χ3v) is 4.62. The number of thioether (sulfide) groups is 1. The molecule has 1 fully saturated rings. The van der Waals surface area contributed by atoms with E-state index in [1.54, 1.807) is 11.8 Å². The van der Waals surface area contributed by atoms with Crippen LogP contribution in [-0.2, 0) is 0 Å². The molecule has 21 heavy (non-hydrogen) atoms. The molecule has 1 unspecified atom stereocenters. The summed E-state index contributed by atoms with van der Waals surface area (Å²) < 4.78 is 5.37. The maximum absolute atomic E-state index is 5.37. The van der Waals surface area contributed by atoms with Gasteiger partial charge in [0, 0.05) is 5.92 Å². The zero-order valence-electron chi connectivity index (χ0n) is 12.0. The van der Waals surface area contributed by atoms with Crippen LogP contribution in [-0.4, -0.2) is 20.1 Å². The zero-order valence-corrected chi connectivity index (χ0v) is 12.8. The van der Waals surface area contributed by atoms with E-state index in [1.165, 1.54) is 18.4 Å². The third-order valence-electron chi connectivity index (χ3n) is 3.65. The van der Waals surface area contributed by atoms with Crippen LogP contribution >= 0.6 is 11.8 Å². The highest BCUT2D eigenvalue weighted by molar-refractivity contribution is 7.99. The third kappa shape index (κ3) is 2.55. The molecule has 1 aromatic carbocycles. The molecule has 1 saturated carbocycles. The summed E-state index contributed by atoms with van der Waals surface area (Å²) in [5.41, 5.74) is 3.27. The van der Waals surface area contributed by atoms with Gasteiger partial charge in [0.15, 0.2) is 11.0 Å². The molecular weight excluding hydrogens is 284 g/mol. The summed E-state index contributed by atoms with van der Waals surface area (Å²) in [5.74, 6) is 2.06. The Labute approximate surface area is 126 Å². The second-order valence-electron chi connectivity index (χ2n) is 5.59. The minimum atomic E-state index is 0.0895. The van der Waals surface area contributed by atoms with E-state index in [9.17, 15) is 0 Å². The predicted octanol–water partition coefficient (Wildman–Crippen LogP) is 3.99. The van der Waals surface area contributed by atoms with E-state index in [0.29, 0.717) is 11.8 Å². The van der Waals surface area contributed by atoms with E-state index < -0.39 is 0 Å². The number of aromatic nitrogens is 4. The van der Waals surface area contributed by atoms with Crippen LogP contribution < -0.4 is 0 Å². The molecule has 3 aromatic rings. The number of imidazole rings is 1. The topological polar surface area (TPSA) is 67.6 Å². The molecule has 1 aliphatic rings. The Hall–Kier alpha value is -1.82. The van der Waals surface area contributed by atoms with Crippen LogP contribution in [0.3, 0.4) is 0 Å². The quantitative estimate of drug-likeness (QED) is 0.738. The van der Waals surface area contributed by atoms with Gasteiger partial charge in [-0.15, -0.1) is 0 Å². The van der Waals surface area contributed by atoms with Crippen LogP contribution in [0.1, 0.15) is 48.2 Å². The summed E-state index contributed by atoms with van der Waals surface area (Å²) in [6.07, 6.45) is 2.37. The summed E-state index contributed by atoms with van der Waals surface area (Å²) in [4.78, 5) is 12.4. The van der Waals surface area contributed by atoms with Crippen molar-refractivity contribution in [1.82, 2.24) is 20.1 Å². The molecule has 5 nitrogen and oxygen atoms in total. The Morgan fingerprint density at radius 1 is 1.33 bits per heavy atom. The molecule has 1 atom stereocenters. The lowest BCUT2D eigenvalue weighted by atomic mass is 10.2. The van der Waals surface area contributed by atoms with Crippen molar-refractivity contribution < 1.29 is 4.52 Å². The maximum Gasteiger partial charge on any atom is 0.239 e. The molecule has 6 heteroatoms. The molecule has 0 spiro atoms. The Morgan fingerprint density at radius 3 is 3.00 bits per heavy atom. The van der Waals surface area contributed by atoms with Gasteiger partial charge < -0.3 is 9.51 Å². The molecule has 1 N–H and O–H groups in total. The standard InChI is InChI=1S/C15H16N4OS/c1-8-3-6-11-12(7-8)17-15(16-11)21-9(2)14-18-13(19-20-14)10-4-5-10/h3,6-7,9-10H,4-5H2,1-2H3,(H,16,17). The van der Waals surface area contributed by atoms with Crippen molar-refractivity contribution in [2.24, 2.45) is 0 Å². The number of aryl methyl sites for hydroxylation is 1. The van der Waals surface area contributed by atoms with Crippen LogP contribution in [0.2, 0.25) is 0 Å². The molecular formula is C15H16N4OS. The van der Waals surface area contributed by atoms with Crippen molar-refractivity contribution in [1.29, 1.82) is 0 Å². The Morgan fingerprint density at radius 2 is 2.19 bits per heavy atom. The van der Waals surface area contributed by atoms with Gasteiger partial charge in [-0.25, -0.2) is 4.98 Å². The first-order valence-electron chi connectivity index (χ1n) is 7.15. The summed E-state index contributed by atoms with van der Waals surface area (Å²) in [5, 5.41) is 5.04. The molecule has 0 aliphatic heterocycles. The fourth-order valence-electron chi connectivity index (χ4n) is 2.29. The highest BCUT2D eigenvalue weighted by Gasteiger charge is 2.29. The van der Waals surface area contributed by atoms with Crippen LogP contribution in [0.5, 0.6) is 0 Å². The predicted molar refractivity (Wildman–Crippen MR) is 81.4 cm³/mol. The minimum Gasteiger partial charge on any atom is -0.338 e. The van der Waals surface area contributed by atoms with Gasteiger partial charge in [-0.3, -0.25) is 0 Å². The Bertz CT molecular complexity index is 790. The van der Waals surface area contributed by atoms with Gasteiger partial charge in [0.1, 0.15) is 0 Å². The second kappa shape index (κ2) is 4.87. The average Bonchev–Trinajstić information content (AvgIpc) is 3.05. The number of benzene rings is 1. The van der Waals surface area contributed by atoms with Crippen molar-refractivity contribution in [3.8, 4) is 0 Å². The van der Waals surface area contributed by atoms with Gasteiger partial charge >= 0.3 is 0 Å². The van der Waals surface area contributed by atoms with E-state index in [2.05, 4.69) is 46.1 Å². The number of rotatable bonds is 4. The normalized spacial score (nSPS) is 16.5. The number of hydrogen-bond acceptors (Lipinski definition) is 5. The molecule has 0 bridgehead atoms. The molecule has 108 valence electrons. The van der Waals surface area contributed by atoms with E-state index in [1.807, 2.05) is 6.07 Å². The van der Waals surface area contributed by atoms with Gasteiger partial charge in [0.2, 0.25) is 5.89 Å². The first kappa shape index (κ1) is 12.9. The van der Waals surface area contributed by atoms with Gasteiger partial charge in [0.05, 0.1) is 16.3 Å². The number of nitrogens with zero attached hydrogens (tertiary/aromatic N) is 3. The van der Waals surface area contributed by atoms with E-state index >= 15 is 0 Å². The van der Waals surface area contributed by atoms with Crippen molar-refractivity contribution in [3.05, 3.63) is 35.5 Å². The van der Waals surface area contributed by atoms with Crippen molar-refractivity contribution in [2.45, 2.75) is 43.0 Å². The summed E-state index contributed by atoms with van der Waals surface area (Å²) in [7, 11) is 0. The van der Waals surface area contributed by atoms with Gasteiger partial charge in [-0.05, 0) is 44.4 Å². The molecule has 0 saturated heterocycles. The number of hydrogen-bond donors (Lipinski definition) is 1. The molecule has 2 heterocycles. The zero-order chi connectivity index (χ0) is 14.4. The summed E-state index contributed by atoms with van der Waals surface area (Å²) in [6, 6.07) is 6.21. The summed E-state index contributed by atoms with van der Waals surface area (Å²) >= 11 is 1.61. The largest absolute Gasteiger partial charge is 0.338 e. The molecule has 0 amide bonds. The first-order chi connectivity index (χ1) is 10.2. The first-order valence-corrected chi connectivity index (χ1v) is 8.03. The fraction of sp³-hybridized carbons (Fsp3) is 0.400. The van der Waals surface area contributed by atoms with E-state index in [4.69, 9.17) is 4.52 Å². The highest BCUT2D eigenvalue weighted by Crippen LogP contribution is 2.40. The molecule has 4 rings (SSSR count). The lowest BCUT2D eigenvalue weighted by Gasteiger charge is -2.02. The molecule has 2 aromatic heterocycles. The SMILES string of the molecule is Cc1ccc2nc(SC(C)c3nc(C4CC4)no3)[nH]c2c1. The molecule has 0 radical (unpaired) electrons. The van der Waals surface area contributed by atoms with Gasteiger partial charge in [0.25, 0.3) is 0 Å². The average molecular weight is 300 g/mol. The van der Waals surface area contributed by atoms with Crippen LogP contribution in [0.15, 0.2) is 27.9 Å². The fourth-order valence-corrected chi connectivity index (χ4v) is 3.14. The lowest BCUT2D eigenvalue weighted by Crippen LogP contribution is -1.90. The second-order valence-corrected chi connectivity index (χ2v) is 6.92. The van der Waals surface area contributed by atoms with Crippen molar-refractivity contribution in [3.63, 3.8) is 0 Å². The number of fused-ring (bicyclic) bond motifs is 1. The molecule has 1 aliphatic carbocycles. The van der Waals surface area contributed by atoms with Gasteiger partial charge in [-0.2, -0.15) is 4.98 Å². The van der Waals surface area contributed by atoms with Crippen LogP contribution in [0, 0.1) is 6.92 Å². The van der Waals surface area contributed by atoms with Gasteiger partial charge in [-0.1, -0.05) is 23.0 Å². The van der Waals surface area contributed by atoms with Crippen LogP contribution in [0.25, 0.3) is 11.0 Å². The number of H-pyrrole nitrogens is 1. The Kier molecular flexibility index (Phi) is 2.99. The van der Waals surface area contributed by atoms with E-state index in [-0.39, 0.29) is 5.25 Å². The van der Waals surface area contributed by atoms with Crippen molar-refractivity contribution in [2.75, 3.05) is 0 Å². The van der Waals surface area contributed by atoms with E-state index in [0.717, 1.165) is 22.0 Å². The summed E-state index contributed by atoms with van der Waals surface area (Å²) in [6.45, 7) is 4.14. The lowest BCUT2D eigenvalue weighted by molar-refractivity contribution is 0.375.